The standard InChI is InChI=1S/C12H13N3O2/c1-17-11-4-2-3-9(5-11)12(16)14-7-10-6-13-8-15-10/h2-6,8H,7H2,1H3,(H,13,15)(H,14,16). The molecule has 0 bridgehead atoms. The Morgan fingerprint density at radius 3 is 3.12 bits per heavy atom. The van der Waals surface area contributed by atoms with E-state index in [4.69, 9.17) is 4.74 Å². The van der Waals surface area contributed by atoms with Crippen LogP contribution in [0.4, 0.5) is 0 Å². The van der Waals surface area contributed by atoms with Crippen LogP contribution >= 0.6 is 0 Å². The van der Waals surface area contributed by atoms with E-state index in [0.29, 0.717) is 17.9 Å². The highest BCUT2D eigenvalue weighted by Gasteiger charge is 2.06. The largest absolute Gasteiger partial charge is 0.497 e. The number of methoxy groups -OCH3 is 1. The van der Waals surface area contributed by atoms with Gasteiger partial charge in [-0.1, -0.05) is 6.07 Å². The Bertz CT molecular complexity index is 494. The van der Waals surface area contributed by atoms with Crippen molar-refractivity contribution in [1.82, 2.24) is 15.3 Å². The summed E-state index contributed by atoms with van der Waals surface area (Å²) in [6, 6.07) is 7.02. The lowest BCUT2D eigenvalue weighted by Crippen LogP contribution is -2.22. The van der Waals surface area contributed by atoms with Gasteiger partial charge in [0.05, 0.1) is 25.7 Å². The fraction of sp³-hybridized carbons (Fsp3) is 0.167. The molecule has 1 aromatic carbocycles. The summed E-state index contributed by atoms with van der Waals surface area (Å²) in [5, 5.41) is 2.79. The molecule has 0 spiro atoms. The Hall–Kier alpha value is -2.30. The van der Waals surface area contributed by atoms with E-state index in [1.807, 2.05) is 0 Å². The Labute approximate surface area is 98.8 Å². The van der Waals surface area contributed by atoms with Gasteiger partial charge in [-0.2, -0.15) is 0 Å². The number of carbonyl (C=O) groups excluding carboxylic acids is 1. The third-order valence-corrected chi connectivity index (χ3v) is 2.33. The fourth-order valence-corrected chi connectivity index (χ4v) is 1.42. The minimum Gasteiger partial charge on any atom is -0.497 e. The fourth-order valence-electron chi connectivity index (χ4n) is 1.42. The molecule has 2 rings (SSSR count). The number of hydrogen-bond donors (Lipinski definition) is 2. The number of carbonyl (C=O) groups is 1. The zero-order valence-electron chi connectivity index (χ0n) is 9.43. The van der Waals surface area contributed by atoms with Crippen molar-refractivity contribution in [2.75, 3.05) is 7.11 Å². The molecule has 1 heterocycles. The highest BCUT2D eigenvalue weighted by Crippen LogP contribution is 2.12. The molecule has 0 aliphatic rings. The van der Waals surface area contributed by atoms with Gasteiger partial charge in [0.2, 0.25) is 0 Å². The van der Waals surface area contributed by atoms with Crippen molar-refractivity contribution < 1.29 is 9.53 Å². The zero-order chi connectivity index (χ0) is 12.1. The van der Waals surface area contributed by atoms with Crippen molar-refractivity contribution in [3.05, 3.63) is 48.0 Å². The van der Waals surface area contributed by atoms with Gasteiger partial charge in [-0.3, -0.25) is 4.79 Å². The van der Waals surface area contributed by atoms with Gasteiger partial charge in [0.25, 0.3) is 5.91 Å². The molecule has 1 aromatic heterocycles. The van der Waals surface area contributed by atoms with E-state index in [2.05, 4.69) is 15.3 Å². The summed E-state index contributed by atoms with van der Waals surface area (Å²) in [7, 11) is 1.57. The van der Waals surface area contributed by atoms with E-state index >= 15 is 0 Å². The number of ether oxygens (including phenoxy) is 1. The SMILES string of the molecule is COc1cccc(C(=O)NCc2cnc[nH]2)c1. The third kappa shape index (κ3) is 2.84. The van der Waals surface area contributed by atoms with Crippen molar-refractivity contribution in [3.63, 3.8) is 0 Å². The number of aromatic nitrogens is 2. The van der Waals surface area contributed by atoms with Gasteiger partial charge in [-0.25, -0.2) is 4.98 Å². The molecule has 1 amide bonds. The molecule has 0 aliphatic heterocycles. The molecular formula is C12H13N3O2. The molecule has 0 atom stereocenters. The van der Waals surface area contributed by atoms with Gasteiger partial charge in [0.1, 0.15) is 5.75 Å². The van der Waals surface area contributed by atoms with Gasteiger partial charge in [0, 0.05) is 11.8 Å². The van der Waals surface area contributed by atoms with E-state index in [1.165, 1.54) is 0 Å². The average Bonchev–Trinajstić information content (AvgIpc) is 2.89. The first kappa shape index (κ1) is 11.2. The molecule has 0 fully saturated rings. The molecule has 0 saturated heterocycles. The smallest absolute Gasteiger partial charge is 0.251 e. The number of imidazole rings is 1. The van der Waals surface area contributed by atoms with Crippen LogP contribution in [0.25, 0.3) is 0 Å². The first-order chi connectivity index (χ1) is 8.29. The van der Waals surface area contributed by atoms with Crippen LogP contribution in [0.15, 0.2) is 36.8 Å². The molecule has 17 heavy (non-hydrogen) atoms. The Kier molecular flexibility index (Phi) is 3.40. The summed E-state index contributed by atoms with van der Waals surface area (Å²) in [6.45, 7) is 0.427. The minimum atomic E-state index is -0.140. The molecule has 88 valence electrons. The lowest BCUT2D eigenvalue weighted by atomic mass is 10.2. The molecule has 2 N–H and O–H groups in total. The number of nitrogens with one attached hydrogen (secondary N) is 2. The maximum atomic E-state index is 11.8. The summed E-state index contributed by atoms with van der Waals surface area (Å²) >= 11 is 0. The summed E-state index contributed by atoms with van der Waals surface area (Å²) in [5.41, 5.74) is 1.44. The van der Waals surface area contributed by atoms with Gasteiger partial charge < -0.3 is 15.0 Å². The van der Waals surface area contributed by atoms with Gasteiger partial charge in [-0.15, -0.1) is 0 Å². The molecular weight excluding hydrogens is 218 g/mol. The molecule has 0 saturated carbocycles. The second-order valence-electron chi connectivity index (χ2n) is 3.49. The van der Waals surface area contributed by atoms with Crippen LogP contribution < -0.4 is 10.1 Å². The maximum Gasteiger partial charge on any atom is 0.251 e. The number of aromatic amines is 1. The molecule has 0 aliphatic carbocycles. The molecule has 5 heteroatoms. The van der Waals surface area contributed by atoms with Crippen LogP contribution in [0.3, 0.4) is 0 Å². The van der Waals surface area contributed by atoms with E-state index < -0.39 is 0 Å². The number of amides is 1. The predicted molar refractivity (Wildman–Crippen MR) is 62.8 cm³/mol. The van der Waals surface area contributed by atoms with Gasteiger partial charge in [0.15, 0.2) is 0 Å². The van der Waals surface area contributed by atoms with Crippen LogP contribution in [-0.2, 0) is 6.54 Å². The third-order valence-electron chi connectivity index (χ3n) is 2.33. The quantitative estimate of drug-likeness (QED) is 0.834. The Morgan fingerprint density at radius 2 is 2.41 bits per heavy atom. The first-order valence-corrected chi connectivity index (χ1v) is 5.19. The van der Waals surface area contributed by atoms with Crippen LogP contribution in [-0.4, -0.2) is 23.0 Å². The van der Waals surface area contributed by atoms with Gasteiger partial charge in [-0.05, 0) is 18.2 Å². The molecule has 2 aromatic rings. The summed E-state index contributed by atoms with van der Waals surface area (Å²) in [6.07, 6.45) is 3.25. The number of rotatable bonds is 4. The van der Waals surface area contributed by atoms with E-state index in [-0.39, 0.29) is 5.91 Å². The van der Waals surface area contributed by atoms with Crippen molar-refractivity contribution in [2.45, 2.75) is 6.54 Å². The highest BCUT2D eigenvalue weighted by atomic mass is 16.5. The molecule has 0 unspecified atom stereocenters. The van der Waals surface area contributed by atoms with Crippen LogP contribution in [0.5, 0.6) is 5.75 Å². The maximum absolute atomic E-state index is 11.8. The average molecular weight is 231 g/mol. The van der Waals surface area contributed by atoms with E-state index in [9.17, 15) is 4.79 Å². The Morgan fingerprint density at radius 1 is 1.53 bits per heavy atom. The molecule has 0 radical (unpaired) electrons. The normalized spacial score (nSPS) is 9.94. The second kappa shape index (κ2) is 5.16. The number of benzene rings is 1. The van der Waals surface area contributed by atoms with Crippen LogP contribution in [0.2, 0.25) is 0 Å². The van der Waals surface area contributed by atoms with E-state index in [0.717, 1.165) is 5.69 Å². The topological polar surface area (TPSA) is 67.0 Å². The predicted octanol–water partition coefficient (Wildman–Crippen LogP) is 1.35. The summed E-state index contributed by atoms with van der Waals surface area (Å²) in [4.78, 5) is 18.6. The highest BCUT2D eigenvalue weighted by molar-refractivity contribution is 5.94. The monoisotopic (exact) mass is 231 g/mol. The lowest BCUT2D eigenvalue weighted by molar-refractivity contribution is 0.0950. The lowest BCUT2D eigenvalue weighted by Gasteiger charge is -2.05. The van der Waals surface area contributed by atoms with Crippen LogP contribution in [0, 0.1) is 0 Å². The van der Waals surface area contributed by atoms with Crippen molar-refractivity contribution in [2.24, 2.45) is 0 Å². The Balaban J connectivity index is 1.99. The number of nitrogens with zero attached hydrogens (tertiary/aromatic N) is 1. The summed E-state index contributed by atoms with van der Waals surface area (Å²) in [5.74, 6) is 0.526. The number of hydrogen-bond acceptors (Lipinski definition) is 3. The van der Waals surface area contributed by atoms with Gasteiger partial charge >= 0.3 is 0 Å². The first-order valence-electron chi connectivity index (χ1n) is 5.19. The summed E-state index contributed by atoms with van der Waals surface area (Å²) < 4.78 is 5.06. The number of H-pyrrole nitrogens is 1. The van der Waals surface area contributed by atoms with Crippen molar-refractivity contribution in [3.8, 4) is 5.75 Å². The van der Waals surface area contributed by atoms with E-state index in [1.54, 1.807) is 43.9 Å². The van der Waals surface area contributed by atoms with Crippen LogP contribution in [0.1, 0.15) is 16.1 Å². The zero-order valence-corrected chi connectivity index (χ0v) is 9.43. The van der Waals surface area contributed by atoms with Crippen molar-refractivity contribution >= 4 is 5.91 Å². The minimum absolute atomic E-state index is 0.140. The second-order valence-corrected chi connectivity index (χ2v) is 3.49. The van der Waals surface area contributed by atoms with Crippen molar-refractivity contribution in [1.29, 1.82) is 0 Å². The molecule has 5 nitrogen and oxygen atoms in total.